The van der Waals surface area contributed by atoms with Gasteiger partial charge in [0.05, 0.1) is 5.41 Å². The minimum absolute atomic E-state index is 0.349. The van der Waals surface area contributed by atoms with E-state index >= 15 is 0 Å². The first-order chi connectivity index (χ1) is 21.9. The van der Waals surface area contributed by atoms with Crippen LogP contribution in [0.15, 0.2) is 158 Å². The zero-order chi connectivity index (χ0) is 28.8. The Labute approximate surface area is 256 Å². The lowest BCUT2D eigenvalue weighted by molar-refractivity contribution is 0.794. The Kier molecular flexibility index (Phi) is 4.71. The molecule has 0 fully saturated rings. The van der Waals surface area contributed by atoms with Crippen molar-refractivity contribution >= 4 is 43.7 Å². The number of rotatable bonds is 2. The molecule has 0 heterocycles. The molecule has 1 N–H and O–H groups in total. The molecule has 0 bridgehead atoms. The molecule has 0 atom stereocenters. The van der Waals surface area contributed by atoms with E-state index in [2.05, 4.69) is 163 Å². The molecule has 2 aliphatic carbocycles. The molecule has 0 aliphatic heterocycles. The van der Waals surface area contributed by atoms with Crippen molar-refractivity contribution in [3.05, 3.63) is 180 Å². The van der Waals surface area contributed by atoms with Gasteiger partial charge in [-0.3, -0.25) is 0 Å². The third kappa shape index (κ3) is 2.89. The minimum Gasteiger partial charge on any atom is -0.354 e. The topological polar surface area (TPSA) is 12.0 Å². The van der Waals surface area contributed by atoms with Crippen LogP contribution < -0.4 is 5.32 Å². The predicted octanol–water partition coefficient (Wildman–Crippen LogP) is 11.2. The Morgan fingerprint density at radius 2 is 0.727 bits per heavy atom. The summed E-state index contributed by atoms with van der Waals surface area (Å²) in [5.74, 6) is 0. The summed E-state index contributed by atoms with van der Waals surface area (Å²) in [6, 6.07) is 58.2. The summed E-state index contributed by atoms with van der Waals surface area (Å²) in [5, 5.41) is 11.7. The molecular formula is C43H27N. The fourth-order valence-electron chi connectivity index (χ4n) is 8.45. The number of fused-ring (bicyclic) bond motifs is 16. The third-order valence-electron chi connectivity index (χ3n) is 10.1. The molecule has 0 unspecified atom stereocenters. The van der Waals surface area contributed by atoms with E-state index in [0.717, 1.165) is 11.4 Å². The Morgan fingerprint density at radius 3 is 1.36 bits per heavy atom. The van der Waals surface area contributed by atoms with Gasteiger partial charge in [-0.25, -0.2) is 0 Å². The second kappa shape index (κ2) is 8.69. The summed E-state index contributed by atoms with van der Waals surface area (Å²) < 4.78 is 0. The Hall–Kier alpha value is -5.66. The van der Waals surface area contributed by atoms with E-state index in [-0.39, 0.29) is 5.41 Å². The van der Waals surface area contributed by atoms with Gasteiger partial charge < -0.3 is 5.32 Å². The molecule has 1 heteroatoms. The monoisotopic (exact) mass is 557 g/mol. The average molecular weight is 558 g/mol. The van der Waals surface area contributed by atoms with Crippen LogP contribution in [0.5, 0.6) is 0 Å². The van der Waals surface area contributed by atoms with Crippen LogP contribution in [0.1, 0.15) is 22.3 Å². The van der Waals surface area contributed by atoms with Crippen LogP contribution in [-0.4, -0.2) is 0 Å². The molecule has 2 aliphatic rings. The average Bonchev–Trinajstić information content (AvgIpc) is 3.57. The summed E-state index contributed by atoms with van der Waals surface area (Å²) in [4.78, 5) is 0. The van der Waals surface area contributed by atoms with E-state index in [1.165, 1.54) is 76.8 Å². The van der Waals surface area contributed by atoms with Crippen LogP contribution in [0.4, 0.5) is 11.4 Å². The second-order valence-corrected chi connectivity index (χ2v) is 12.1. The first kappa shape index (κ1) is 23.9. The van der Waals surface area contributed by atoms with Crippen molar-refractivity contribution in [1.82, 2.24) is 0 Å². The Morgan fingerprint density at radius 1 is 0.318 bits per heavy atom. The maximum absolute atomic E-state index is 4.00. The van der Waals surface area contributed by atoms with E-state index in [1.807, 2.05) is 0 Å². The quantitative estimate of drug-likeness (QED) is 0.208. The van der Waals surface area contributed by atoms with Gasteiger partial charge in [0, 0.05) is 22.3 Å². The largest absolute Gasteiger partial charge is 0.354 e. The van der Waals surface area contributed by atoms with Gasteiger partial charge in [0.2, 0.25) is 0 Å². The fraction of sp³-hybridized carbons (Fsp3) is 0.0233. The fourth-order valence-corrected chi connectivity index (χ4v) is 8.45. The Balaban J connectivity index is 1.27. The van der Waals surface area contributed by atoms with E-state index in [1.54, 1.807) is 0 Å². The van der Waals surface area contributed by atoms with Crippen LogP contribution >= 0.6 is 0 Å². The van der Waals surface area contributed by atoms with Crippen LogP contribution in [0, 0.1) is 0 Å². The van der Waals surface area contributed by atoms with Crippen LogP contribution in [0.3, 0.4) is 0 Å². The molecule has 8 aromatic carbocycles. The molecule has 1 spiro atoms. The van der Waals surface area contributed by atoms with Crippen molar-refractivity contribution in [3.8, 4) is 22.3 Å². The predicted molar refractivity (Wildman–Crippen MR) is 185 cm³/mol. The molecule has 0 radical (unpaired) electrons. The zero-order valence-corrected chi connectivity index (χ0v) is 24.0. The molecule has 0 saturated carbocycles. The van der Waals surface area contributed by atoms with Crippen molar-refractivity contribution in [2.24, 2.45) is 0 Å². The van der Waals surface area contributed by atoms with Gasteiger partial charge in [-0.1, -0.05) is 146 Å². The Bertz CT molecular complexity index is 2390. The van der Waals surface area contributed by atoms with Gasteiger partial charge in [-0.15, -0.1) is 0 Å². The molecule has 204 valence electrons. The first-order valence-electron chi connectivity index (χ1n) is 15.4. The van der Waals surface area contributed by atoms with E-state index in [0.29, 0.717) is 0 Å². The van der Waals surface area contributed by atoms with Crippen molar-refractivity contribution in [3.63, 3.8) is 0 Å². The van der Waals surface area contributed by atoms with Gasteiger partial charge in [0.15, 0.2) is 0 Å². The van der Waals surface area contributed by atoms with Gasteiger partial charge in [0.25, 0.3) is 0 Å². The van der Waals surface area contributed by atoms with E-state index in [9.17, 15) is 0 Å². The maximum Gasteiger partial charge on any atom is 0.0726 e. The molecule has 0 aromatic heterocycles. The SMILES string of the molecule is c1ccc2c(c1)-c1ccccc1C21c2ccccc2-c2c(Nc3cccc4c5ccccc5c5ccccc5c34)cccc21. The number of anilines is 2. The summed E-state index contributed by atoms with van der Waals surface area (Å²) in [7, 11) is 0. The van der Waals surface area contributed by atoms with Gasteiger partial charge in [-0.2, -0.15) is 0 Å². The van der Waals surface area contributed by atoms with Crippen molar-refractivity contribution in [2.45, 2.75) is 5.41 Å². The molecule has 44 heavy (non-hydrogen) atoms. The van der Waals surface area contributed by atoms with Crippen molar-refractivity contribution in [1.29, 1.82) is 0 Å². The maximum atomic E-state index is 4.00. The van der Waals surface area contributed by atoms with Crippen LogP contribution in [0.25, 0.3) is 54.6 Å². The molecule has 0 saturated heterocycles. The van der Waals surface area contributed by atoms with Gasteiger partial charge in [-0.05, 0) is 78.0 Å². The summed E-state index contributed by atoms with van der Waals surface area (Å²) >= 11 is 0. The highest BCUT2D eigenvalue weighted by molar-refractivity contribution is 6.28. The first-order valence-corrected chi connectivity index (χ1v) is 15.4. The highest BCUT2D eigenvalue weighted by Gasteiger charge is 2.51. The summed E-state index contributed by atoms with van der Waals surface area (Å²) in [6.07, 6.45) is 0. The zero-order valence-electron chi connectivity index (χ0n) is 24.0. The number of benzene rings is 8. The molecule has 10 rings (SSSR count). The van der Waals surface area contributed by atoms with Gasteiger partial charge >= 0.3 is 0 Å². The summed E-state index contributed by atoms with van der Waals surface area (Å²) in [6.45, 7) is 0. The lowest BCUT2D eigenvalue weighted by atomic mass is 9.70. The molecular weight excluding hydrogens is 530 g/mol. The normalized spacial score (nSPS) is 13.6. The second-order valence-electron chi connectivity index (χ2n) is 12.1. The highest BCUT2D eigenvalue weighted by atomic mass is 14.9. The van der Waals surface area contributed by atoms with Crippen molar-refractivity contribution < 1.29 is 0 Å². The third-order valence-corrected chi connectivity index (χ3v) is 10.1. The van der Waals surface area contributed by atoms with Crippen LogP contribution in [-0.2, 0) is 5.41 Å². The molecule has 1 nitrogen and oxygen atoms in total. The minimum atomic E-state index is -0.349. The lowest BCUT2D eigenvalue weighted by Gasteiger charge is -2.30. The van der Waals surface area contributed by atoms with Gasteiger partial charge in [0.1, 0.15) is 0 Å². The lowest BCUT2D eigenvalue weighted by Crippen LogP contribution is -2.25. The smallest absolute Gasteiger partial charge is 0.0726 e. The number of hydrogen-bond donors (Lipinski definition) is 1. The number of nitrogens with one attached hydrogen (secondary N) is 1. The van der Waals surface area contributed by atoms with E-state index in [4.69, 9.17) is 0 Å². The van der Waals surface area contributed by atoms with Crippen molar-refractivity contribution in [2.75, 3.05) is 5.32 Å². The molecule has 8 aromatic rings. The molecule has 0 amide bonds. The standard InChI is InChI=1S/C43H27N/c1-2-14-29-27(13-1)28-15-3-4-18-32(28)41-33(29)20-11-25-39(41)44-40-26-12-24-38-42(40)34-19-7-10-23-37(34)43(38)35-21-8-5-16-30(35)31-17-6-9-22-36(31)43/h1-26,44H. The number of hydrogen-bond acceptors (Lipinski definition) is 1. The van der Waals surface area contributed by atoms with E-state index < -0.39 is 0 Å². The highest BCUT2D eigenvalue weighted by Crippen LogP contribution is 2.63. The summed E-state index contributed by atoms with van der Waals surface area (Å²) in [5.41, 5.74) is 12.6. The van der Waals surface area contributed by atoms with Crippen LogP contribution in [0.2, 0.25) is 0 Å².